The summed E-state index contributed by atoms with van der Waals surface area (Å²) in [5, 5.41) is 0. The molecule has 3 saturated heterocycles. The Bertz CT molecular complexity index is 925. The molecule has 2 bridgehead atoms. The molecule has 164 valence electrons. The fraction of sp³-hybridized carbons (Fsp3) is 0.435. The molecule has 1 aromatic heterocycles. The van der Waals surface area contributed by atoms with Crippen molar-refractivity contribution in [3.63, 3.8) is 0 Å². The van der Waals surface area contributed by atoms with Crippen LogP contribution in [0.3, 0.4) is 0 Å². The van der Waals surface area contributed by atoms with Crippen LogP contribution in [-0.2, 0) is 14.3 Å². The first-order valence-electron chi connectivity index (χ1n) is 10.5. The third kappa shape index (κ3) is 4.64. The van der Waals surface area contributed by atoms with Crippen LogP contribution in [0.15, 0.2) is 42.6 Å². The van der Waals surface area contributed by atoms with Crippen LogP contribution in [0, 0.1) is 5.92 Å². The molecule has 3 aliphatic heterocycles. The van der Waals surface area contributed by atoms with E-state index in [1.807, 2.05) is 6.07 Å². The van der Waals surface area contributed by atoms with Crippen molar-refractivity contribution < 1.29 is 23.8 Å². The van der Waals surface area contributed by atoms with Gasteiger partial charge >= 0.3 is 11.9 Å². The Balaban J connectivity index is 1.60. The molecular weight excluding hydrogens is 398 g/mol. The Morgan fingerprint density at radius 2 is 1.90 bits per heavy atom. The Morgan fingerprint density at radius 1 is 1.13 bits per heavy atom. The molecule has 0 unspecified atom stereocenters. The molecule has 0 aliphatic carbocycles. The highest BCUT2D eigenvalue weighted by Gasteiger charge is 2.36. The van der Waals surface area contributed by atoms with Gasteiger partial charge in [0.05, 0.1) is 37.4 Å². The summed E-state index contributed by atoms with van der Waals surface area (Å²) in [5.41, 5.74) is 1.55. The van der Waals surface area contributed by atoms with Crippen LogP contribution in [-0.4, -0.2) is 68.3 Å². The van der Waals surface area contributed by atoms with Crippen molar-refractivity contribution in [2.45, 2.75) is 18.9 Å². The highest BCUT2D eigenvalue weighted by Crippen LogP contribution is 2.32. The van der Waals surface area contributed by atoms with E-state index in [4.69, 9.17) is 14.2 Å². The second kappa shape index (κ2) is 9.34. The quantitative estimate of drug-likeness (QED) is 0.627. The number of methoxy groups -OCH3 is 2. The fourth-order valence-electron chi connectivity index (χ4n) is 4.34. The van der Waals surface area contributed by atoms with Crippen molar-refractivity contribution in [2.75, 3.05) is 45.3 Å². The number of benzene rings is 1. The smallest absolute Gasteiger partial charge is 0.339 e. The summed E-state index contributed by atoms with van der Waals surface area (Å²) in [6.45, 7) is 2.90. The van der Waals surface area contributed by atoms with Gasteiger partial charge in [-0.15, -0.1) is 0 Å². The molecule has 1 atom stereocenters. The van der Waals surface area contributed by atoms with Crippen LogP contribution in [0.1, 0.15) is 23.2 Å². The Kier molecular flexibility index (Phi) is 6.36. The lowest BCUT2D eigenvalue weighted by atomic mass is 9.86. The second-order valence-electron chi connectivity index (χ2n) is 7.82. The van der Waals surface area contributed by atoms with Gasteiger partial charge in [0.15, 0.2) is 0 Å². The molecule has 3 fully saturated rings. The molecule has 8 nitrogen and oxygen atoms in total. The lowest BCUT2D eigenvalue weighted by molar-refractivity contribution is -0.156. The Labute approximate surface area is 181 Å². The summed E-state index contributed by atoms with van der Waals surface area (Å²) in [6.07, 6.45) is 3.65. The molecule has 0 saturated carbocycles. The van der Waals surface area contributed by atoms with Gasteiger partial charge in [-0.1, -0.05) is 12.1 Å². The minimum Gasteiger partial charge on any atom is -0.481 e. The minimum atomic E-state index is -0.479. The number of nitrogens with zero attached hydrogens (tertiary/aromatic N) is 3. The van der Waals surface area contributed by atoms with Crippen molar-refractivity contribution >= 4 is 23.3 Å². The van der Waals surface area contributed by atoms with Gasteiger partial charge in [-0.05, 0) is 50.0 Å². The number of rotatable bonds is 7. The minimum absolute atomic E-state index is 0.0504. The van der Waals surface area contributed by atoms with Crippen LogP contribution >= 0.6 is 0 Å². The summed E-state index contributed by atoms with van der Waals surface area (Å²) in [5.74, 6) is 0.0642. The van der Waals surface area contributed by atoms with Crippen LogP contribution in [0.2, 0.25) is 0 Å². The molecule has 0 radical (unpaired) electrons. The number of ether oxygens (including phenoxy) is 3. The number of piperidine rings is 3. The molecule has 4 heterocycles. The number of aromatic nitrogens is 1. The van der Waals surface area contributed by atoms with Gasteiger partial charge in [0, 0.05) is 12.6 Å². The lowest BCUT2D eigenvalue weighted by Gasteiger charge is -2.44. The van der Waals surface area contributed by atoms with Crippen molar-refractivity contribution in [1.29, 1.82) is 0 Å². The van der Waals surface area contributed by atoms with E-state index in [-0.39, 0.29) is 18.6 Å². The highest BCUT2D eigenvalue weighted by molar-refractivity contribution is 5.97. The first kappa shape index (κ1) is 21.1. The zero-order chi connectivity index (χ0) is 21.8. The number of carbonyl (C=O) groups excluding carboxylic acids is 2. The van der Waals surface area contributed by atoms with E-state index in [9.17, 15) is 9.59 Å². The first-order chi connectivity index (χ1) is 15.1. The number of pyridine rings is 1. The zero-order valence-corrected chi connectivity index (χ0v) is 17.8. The number of para-hydroxylation sites is 1. The molecule has 0 N–H and O–H groups in total. The fourth-order valence-corrected chi connectivity index (χ4v) is 4.34. The predicted molar refractivity (Wildman–Crippen MR) is 115 cm³/mol. The summed E-state index contributed by atoms with van der Waals surface area (Å²) in [7, 11) is 2.87. The molecule has 1 aromatic carbocycles. The Hall–Kier alpha value is -3.13. The predicted octanol–water partition coefficient (Wildman–Crippen LogP) is 2.65. The van der Waals surface area contributed by atoms with Gasteiger partial charge in [-0.2, -0.15) is 0 Å². The van der Waals surface area contributed by atoms with E-state index in [0.29, 0.717) is 28.7 Å². The van der Waals surface area contributed by atoms with E-state index in [2.05, 4.69) is 9.88 Å². The topological polar surface area (TPSA) is 81.2 Å². The normalized spacial score (nSPS) is 21.9. The molecule has 3 aliphatic rings. The van der Waals surface area contributed by atoms with Crippen molar-refractivity contribution in [2.24, 2.45) is 5.92 Å². The highest BCUT2D eigenvalue weighted by atomic mass is 16.5. The maximum absolute atomic E-state index is 13.0. The van der Waals surface area contributed by atoms with Gasteiger partial charge in [-0.3, -0.25) is 9.69 Å². The molecule has 0 amide bonds. The van der Waals surface area contributed by atoms with E-state index < -0.39 is 5.97 Å². The number of hydrogen-bond donors (Lipinski definition) is 0. The molecule has 8 heteroatoms. The molecular formula is C23H27N3O5. The van der Waals surface area contributed by atoms with E-state index in [0.717, 1.165) is 32.5 Å². The lowest BCUT2D eigenvalue weighted by Crippen LogP contribution is -2.52. The van der Waals surface area contributed by atoms with E-state index in [1.165, 1.54) is 14.2 Å². The van der Waals surface area contributed by atoms with Crippen molar-refractivity contribution in [3.8, 4) is 5.88 Å². The monoisotopic (exact) mass is 425 g/mol. The second-order valence-corrected chi connectivity index (χ2v) is 7.82. The summed E-state index contributed by atoms with van der Waals surface area (Å²) >= 11 is 0. The number of esters is 2. The molecule has 31 heavy (non-hydrogen) atoms. The zero-order valence-electron chi connectivity index (χ0n) is 17.8. The van der Waals surface area contributed by atoms with Gasteiger partial charge < -0.3 is 19.1 Å². The van der Waals surface area contributed by atoms with Crippen LogP contribution in [0.5, 0.6) is 5.88 Å². The van der Waals surface area contributed by atoms with Gasteiger partial charge in [-0.25, -0.2) is 9.78 Å². The maximum atomic E-state index is 13.0. The molecule has 2 aromatic rings. The van der Waals surface area contributed by atoms with E-state index >= 15 is 0 Å². The molecule has 5 rings (SSSR count). The standard InChI is InChI=1S/C23H27N3O5/c1-29-21-8-7-17(13-24-21)26(19-6-4-3-5-18(19)23(28)30-2)15-22(27)31-20-14-25-11-9-16(20)10-12-25/h3-8,13,16,20H,9-12,14-15H2,1-2H3/t20-/m0/s1. The van der Waals surface area contributed by atoms with Gasteiger partial charge in [0.25, 0.3) is 0 Å². The van der Waals surface area contributed by atoms with Crippen LogP contribution < -0.4 is 9.64 Å². The van der Waals surface area contributed by atoms with Crippen molar-refractivity contribution in [1.82, 2.24) is 9.88 Å². The summed E-state index contributed by atoms with van der Waals surface area (Å²) in [4.78, 5) is 33.6. The largest absolute Gasteiger partial charge is 0.481 e. The number of hydrogen-bond acceptors (Lipinski definition) is 8. The number of carbonyl (C=O) groups is 2. The van der Waals surface area contributed by atoms with Crippen LogP contribution in [0.4, 0.5) is 11.4 Å². The number of anilines is 2. The SMILES string of the molecule is COC(=O)c1ccccc1N(CC(=O)O[C@H]1CN2CCC1CC2)c1ccc(OC)nc1. The van der Waals surface area contributed by atoms with Crippen molar-refractivity contribution in [3.05, 3.63) is 48.2 Å². The first-order valence-corrected chi connectivity index (χ1v) is 10.5. The summed E-state index contributed by atoms with van der Waals surface area (Å²) in [6, 6.07) is 10.5. The van der Waals surface area contributed by atoms with Crippen LogP contribution in [0.25, 0.3) is 0 Å². The Morgan fingerprint density at radius 3 is 2.52 bits per heavy atom. The number of fused-ring (bicyclic) bond motifs is 3. The summed E-state index contributed by atoms with van der Waals surface area (Å²) < 4.78 is 16.0. The molecule has 0 spiro atoms. The maximum Gasteiger partial charge on any atom is 0.339 e. The third-order valence-corrected chi connectivity index (χ3v) is 6.01. The van der Waals surface area contributed by atoms with Gasteiger partial charge in [0.1, 0.15) is 12.6 Å². The average Bonchev–Trinajstić information content (AvgIpc) is 2.83. The average molecular weight is 425 g/mol. The third-order valence-electron chi connectivity index (χ3n) is 6.01. The van der Waals surface area contributed by atoms with E-state index in [1.54, 1.807) is 41.4 Å². The van der Waals surface area contributed by atoms with Gasteiger partial charge in [0.2, 0.25) is 5.88 Å².